The van der Waals surface area contributed by atoms with E-state index in [4.69, 9.17) is 0 Å². The number of thiophene rings is 4. The molecule has 0 aliphatic heterocycles. The number of unbranched alkanes of at least 4 members (excludes halogenated alkanes) is 12. The number of benzene rings is 6. The highest BCUT2D eigenvalue weighted by Crippen LogP contribution is 2.59. The Kier molecular flexibility index (Phi) is 21.6. The van der Waals surface area contributed by atoms with Crippen LogP contribution in [0.2, 0.25) is 0 Å². The third-order valence-electron chi connectivity index (χ3n) is 17.3. The van der Waals surface area contributed by atoms with Crippen LogP contribution in [0.3, 0.4) is 0 Å². The summed E-state index contributed by atoms with van der Waals surface area (Å²) in [6.07, 6.45) is 25.0. The van der Waals surface area contributed by atoms with E-state index in [-0.39, 0.29) is 5.41 Å². The van der Waals surface area contributed by atoms with Crippen molar-refractivity contribution in [2.75, 3.05) is 0 Å². The van der Waals surface area contributed by atoms with Crippen molar-refractivity contribution in [3.05, 3.63) is 259 Å². The van der Waals surface area contributed by atoms with E-state index in [0.29, 0.717) is 0 Å². The molecular weight excluding hydrogens is 1080 g/mol. The predicted octanol–water partition coefficient (Wildman–Crippen LogP) is 23.8. The van der Waals surface area contributed by atoms with Crippen molar-refractivity contribution in [1.82, 2.24) is 0 Å². The Morgan fingerprint density at radius 2 is 0.747 bits per heavy atom. The van der Waals surface area contributed by atoms with Crippen LogP contribution < -0.4 is 0 Å². The van der Waals surface area contributed by atoms with E-state index < -0.39 is 5.60 Å². The highest BCUT2D eigenvalue weighted by molar-refractivity contribution is 7.14. The van der Waals surface area contributed by atoms with E-state index in [1.165, 1.54) is 191 Å². The Labute approximate surface area is 514 Å². The van der Waals surface area contributed by atoms with Gasteiger partial charge in [0, 0.05) is 25.1 Å². The second-order valence-electron chi connectivity index (χ2n) is 23.1. The Bertz CT molecular complexity index is 3380. The van der Waals surface area contributed by atoms with Gasteiger partial charge < -0.3 is 5.11 Å². The molecular formula is C78H86OS4. The van der Waals surface area contributed by atoms with Gasteiger partial charge in [0.25, 0.3) is 0 Å². The van der Waals surface area contributed by atoms with Gasteiger partial charge in [0.15, 0.2) is 0 Å². The molecule has 1 aliphatic rings. The first-order valence-corrected chi connectivity index (χ1v) is 35.0. The van der Waals surface area contributed by atoms with Crippen molar-refractivity contribution in [2.45, 2.75) is 167 Å². The summed E-state index contributed by atoms with van der Waals surface area (Å²) in [5, 5.41) is 21.8. The van der Waals surface area contributed by atoms with Gasteiger partial charge in [0.05, 0.1) is 5.41 Å². The zero-order valence-corrected chi connectivity index (χ0v) is 53.0. The molecule has 0 bridgehead atoms. The lowest BCUT2D eigenvalue weighted by molar-refractivity contribution is 0.126. The van der Waals surface area contributed by atoms with Crippen LogP contribution in [0.15, 0.2) is 197 Å². The molecule has 0 saturated carbocycles. The normalized spacial score (nSPS) is 12.5. The number of rotatable bonds is 28. The molecule has 0 amide bonds. The summed E-state index contributed by atoms with van der Waals surface area (Å²) >= 11 is 7.18. The first kappa shape index (κ1) is 60.2. The Balaban J connectivity index is 0.000000185. The minimum absolute atomic E-state index is 0.306. The third-order valence-corrected chi connectivity index (χ3v) is 21.0. The Morgan fingerprint density at radius 1 is 0.349 bits per heavy atom. The maximum absolute atomic E-state index is 13.1. The fourth-order valence-electron chi connectivity index (χ4n) is 12.7. The number of aliphatic hydroxyl groups is 1. The maximum Gasteiger partial charge on any atom is 0.141 e. The molecule has 6 aromatic carbocycles. The van der Waals surface area contributed by atoms with Gasteiger partial charge in [-0.3, -0.25) is 0 Å². The molecule has 11 rings (SSSR count). The van der Waals surface area contributed by atoms with Crippen LogP contribution in [0.25, 0.3) is 41.8 Å². The van der Waals surface area contributed by atoms with Gasteiger partial charge in [-0.05, 0) is 187 Å². The van der Waals surface area contributed by atoms with E-state index in [1.54, 1.807) is 22.7 Å². The number of hydrogen-bond acceptors (Lipinski definition) is 5. The molecule has 1 aliphatic carbocycles. The standard InChI is InChI=1S/C39H44OS2.C39H42S2/c1-3-5-7-9-13-30-17-22-33(23-18-30)39(40,34-24-19-31(20-25-34)14-10-8-6-4-2)36-29-32(37-15-11-27-41-37)21-26-35(36)38-16-12-28-42-38;1-3-5-7-9-12-29-15-20-32(21-16-29)39(33-22-17-30(18-23-33)13-10-8-6-4-2)35-25-27-41-38(35)34-24-19-31(28-36(34)39)37-14-11-26-40-37/h11-12,15-29,40H,3-10,13-14H2,1-2H3;11,14-28H,3-10,12-13H2,1-2H3. The van der Waals surface area contributed by atoms with Gasteiger partial charge in [-0.1, -0.05) is 244 Å². The monoisotopic (exact) mass is 1170 g/mol. The Hall–Kier alpha value is -5.92. The van der Waals surface area contributed by atoms with Crippen molar-refractivity contribution in [2.24, 2.45) is 0 Å². The van der Waals surface area contributed by atoms with Gasteiger partial charge >= 0.3 is 0 Å². The summed E-state index contributed by atoms with van der Waals surface area (Å²) in [6, 6.07) is 66.0. The lowest BCUT2D eigenvalue weighted by Gasteiger charge is -2.34. The number of fused-ring (bicyclic) bond motifs is 3. The van der Waals surface area contributed by atoms with E-state index >= 15 is 0 Å². The van der Waals surface area contributed by atoms with E-state index in [9.17, 15) is 5.11 Å². The average Bonchev–Trinajstić information content (AvgIpc) is 2.06. The Morgan fingerprint density at radius 3 is 1.16 bits per heavy atom. The molecule has 10 aromatic rings. The summed E-state index contributed by atoms with van der Waals surface area (Å²) in [4.78, 5) is 5.13. The summed E-state index contributed by atoms with van der Waals surface area (Å²) < 4.78 is 0. The van der Waals surface area contributed by atoms with Crippen LogP contribution in [0.4, 0.5) is 0 Å². The minimum atomic E-state index is -1.30. The van der Waals surface area contributed by atoms with Crippen LogP contribution in [0, 0.1) is 0 Å². The van der Waals surface area contributed by atoms with Crippen molar-refractivity contribution in [3.63, 3.8) is 0 Å². The molecule has 5 heteroatoms. The lowest BCUT2D eigenvalue weighted by Crippen LogP contribution is -2.29. The first-order valence-electron chi connectivity index (χ1n) is 31.5. The van der Waals surface area contributed by atoms with Crippen LogP contribution in [0.5, 0.6) is 0 Å². The van der Waals surface area contributed by atoms with E-state index in [0.717, 1.165) is 40.7 Å². The second-order valence-corrected chi connectivity index (χ2v) is 26.9. The molecule has 1 nitrogen and oxygen atoms in total. The molecule has 1 N–H and O–H groups in total. The molecule has 83 heavy (non-hydrogen) atoms. The van der Waals surface area contributed by atoms with Crippen molar-refractivity contribution >= 4 is 45.3 Å². The molecule has 4 heterocycles. The number of aryl methyl sites for hydroxylation is 4. The second kappa shape index (κ2) is 29.7. The van der Waals surface area contributed by atoms with Gasteiger partial charge in [0.2, 0.25) is 0 Å². The summed E-state index contributed by atoms with van der Waals surface area (Å²) in [6.45, 7) is 9.09. The van der Waals surface area contributed by atoms with Crippen molar-refractivity contribution in [1.29, 1.82) is 0 Å². The molecule has 0 radical (unpaired) electrons. The quantitative estimate of drug-likeness (QED) is 0.0383. The smallest absolute Gasteiger partial charge is 0.141 e. The average molecular weight is 1170 g/mol. The molecule has 0 unspecified atom stereocenters. The van der Waals surface area contributed by atoms with Crippen LogP contribution in [-0.2, 0) is 36.7 Å². The third kappa shape index (κ3) is 13.9. The zero-order valence-electron chi connectivity index (χ0n) is 49.8. The highest BCUT2D eigenvalue weighted by atomic mass is 32.1. The topological polar surface area (TPSA) is 20.2 Å². The highest BCUT2D eigenvalue weighted by Gasteiger charge is 2.47. The summed E-state index contributed by atoms with van der Waals surface area (Å²) in [5.74, 6) is 0. The molecule has 0 fully saturated rings. The van der Waals surface area contributed by atoms with Gasteiger partial charge in [-0.25, -0.2) is 0 Å². The fraction of sp³-hybridized carbons (Fsp3) is 0.333. The van der Waals surface area contributed by atoms with Crippen molar-refractivity contribution < 1.29 is 5.11 Å². The first-order chi connectivity index (χ1) is 40.9. The van der Waals surface area contributed by atoms with Crippen molar-refractivity contribution in [3.8, 4) is 41.8 Å². The van der Waals surface area contributed by atoms with Crippen LogP contribution in [-0.4, -0.2) is 5.11 Å². The van der Waals surface area contributed by atoms with Gasteiger partial charge in [0.1, 0.15) is 5.60 Å². The molecule has 4 aromatic heterocycles. The SMILES string of the molecule is CCCCCCc1ccc(C(O)(c2ccc(CCCCCC)cc2)c2cc(-c3cccs3)ccc2-c2cccs2)cc1.CCCCCCc1ccc(C2(c3ccc(CCCCCC)cc3)c3cc(-c4cccs4)ccc3-c3sccc32)cc1. The fourth-order valence-corrected chi connectivity index (χ4v) is 15.9. The summed E-state index contributed by atoms with van der Waals surface area (Å²) in [7, 11) is 0. The largest absolute Gasteiger partial charge is 0.376 e. The molecule has 428 valence electrons. The van der Waals surface area contributed by atoms with E-state index in [2.05, 4.69) is 225 Å². The van der Waals surface area contributed by atoms with Gasteiger partial charge in [-0.15, -0.1) is 45.3 Å². The number of hydrogen-bond donors (Lipinski definition) is 1. The minimum Gasteiger partial charge on any atom is -0.376 e. The predicted molar refractivity (Wildman–Crippen MR) is 364 cm³/mol. The van der Waals surface area contributed by atoms with Gasteiger partial charge in [-0.2, -0.15) is 0 Å². The molecule has 0 spiro atoms. The van der Waals surface area contributed by atoms with Crippen LogP contribution >= 0.6 is 45.3 Å². The van der Waals surface area contributed by atoms with E-state index in [1.807, 2.05) is 22.7 Å². The molecule has 0 saturated heterocycles. The lowest BCUT2D eigenvalue weighted by atomic mass is 9.67. The van der Waals surface area contributed by atoms with Crippen LogP contribution in [0.1, 0.15) is 192 Å². The maximum atomic E-state index is 13.1. The zero-order chi connectivity index (χ0) is 57.3. The molecule has 0 atom stereocenters. The summed E-state index contributed by atoms with van der Waals surface area (Å²) in [5.41, 5.74) is 17.3.